The fourth-order valence-electron chi connectivity index (χ4n) is 2.99. The fourth-order valence-corrected chi connectivity index (χ4v) is 3.85. The first-order chi connectivity index (χ1) is 12.6. The topological polar surface area (TPSA) is 62.3 Å². The Hall–Kier alpha value is -2.28. The maximum absolute atomic E-state index is 13.2. The first-order valence-corrected chi connectivity index (χ1v) is 9.68. The van der Waals surface area contributed by atoms with Crippen molar-refractivity contribution in [1.29, 1.82) is 0 Å². The molecule has 1 aliphatic heterocycles. The van der Waals surface area contributed by atoms with Gasteiger partial charge in [0, 0.05) is 43.4 Å². The summed E-state index contributed by atoms with van der Waals surface area (Å²) >= 11 is 1.38. The van der Waals surface area contributed by atoms with Crippen LogP contribution < -0.4 is 5.32 Å². The lowest BCUT2D eigenvalue weighted by Gasteiger charge is -2.19. The zero-order valence-electron chi connectivity index (χ0n) is 14.5. The van der Waals surface area contributed by atoms with E-state index < -0.39 is 0 Å². The third-order valence-electron chi connectivity index (χ3n) is 4.35. The van der Waals surface area contributed by atoms with E-state index in [4.69, 9.17) is 0 Å². The van der Waals surface area contributed by atoms with Crippen LogP contribution in [0.5, 0.6) is 0 Å². The summed E-state index contributed by atoms with van der Waals surface area (Å²) in [6, 6.07) is 6.45. The number of anilines is 1. The summed E-state index contributed by atoms with van der Waals surface area (Å²) in [6.07, 6.45) is 6.14. The minimum Gasteiger partial charge on any atom is -0.342 e. The van der Waals surface area contributed by atoms with Crippen LogP contribution in [0.2, 0.25) is 0 Å². The molecule has 3 rings (SSSR count). The summed E-state index contributed by atoms with van der Waals surface area (Å²) in [5.41, 5.74) is 0.867. The van der Waals surface area contributed by atoms with Gasteiger partial charge in [-0.25, -0.2) is 9.37 Å². The third kappa shape index (κ3) is 5.36. The highest BCUT2D eigenvalue weighted by Gasteiger charge is 2.17. The number of aromatic nitrogens is 1. The molecule has 26 heavy (non-hydrogen) atoms. The summed E-state index contributed by atoms with van der Waals surface area (Å²) < 4.78 is 13.2. The Morgan fingerprint density at radius 1 is 1.31 bits per heavy atom. The molecule has 0 spiro atoms. The highest BCUT2D eigenvalue weighted by Crippen LogP contribution is 2.21. The summed E-state index contributed by atoms with van der Waals surface area (Å²) in [6.45, 7) is 1.19. The van der Waals surface area contributed by atoms with Crippen LogP contribution in [-0.2, 0) is 16.0 Å². The van der Waals surface area contributed by atoms with E-state index in [0.29, 0.717) is 24.5 Å². The molecule has 2 heterocycles. The van der Waals surface area contributed by atoms with Gasteiger partial charge in [0.15, 0.2) is 5.13 Å². The van der Waals surface area contributed by atoms with Gasteiger partial charge in [0.2, 0.25) is 11.8 Å². The molecular weight excluding hydrogens is 353 g/mol. The standard InChI is InChI=1S/C19H22FN3O2S/c20-15-6-4-5-14(11-15)12-16-13-21-19(26-16)22-17(24)8-10-23-9-3-1-2-7-18(23)25/h4-6,11,13H,1-3,7-10,12H2,(H,21,22,24). The average Bonchev–Trinajstić information content (AvgIpc) is 2.92. The minimum absolute atomic E-state index is 0.141. The van der Waals surface area contributed by atoms with E-state index in [0.717, 1.165) is 36.2 Å². The molecule has 1 fully saturated rings. The third-order valence-corrected chi connectivity index (χ3v) is 5.26. The second-order valence-corrected chi connectivity index (χ2v) is 7.54. The van der Waals surface area contributed by atoms with Crippen LogP contribution >= 0.6 is 11.3 Å². The lowest BCUT2D eigenvalue weighted by Crippen LogP contribution is -2.33. The molecule has 1 saturated heterocycles. The molecule has 2 amide bonds. The minimum atomic E-state index is -0.261. The molecule has 1 aromatic heterocycles. The number of thiazole rings is 1. The van der Waals surface area contributed by atoms with Crippen molar-refractivity contribution in [2.45, 2.75) is 38.5 Å². The number of halogens is 1. The molecule has 0 atom stereocenters. The molecule has 0 aliphatic carbocycles. The number of amides is 2. The zero-order valence-corrected chi connectivity index (χ0v) is 15.4. The zero-order chi connectivity index (χ0) is 18.4. The molecule has 5 nitrogen and oxygen atoms in total. The van der Waals surface area contributed by atoms with Gasteiger partial charge in [0.1, 0.15) is 5.82 Å². The number of carbonyl (C=O) groups is 2. The normalized spacial score (nSPS) is 15.0. The Morgan fingerprint density at radius 2 is 2.19 bits per heavy atom. The molecular formula is C19H22FN3O2S. The number of hydrogen-bond donors (Lipinski definition) is 1. The Bertz CT molecular complexity index is 778. The number of benzene rings is 1. The Balaban J connectivity index is 1.48. The van der Waals surface area contributed by atoms with Crippen LogP contribution in [0.15, 0.2) is 30.5 Å². The molecule has 1 aromatic carbocycles. The SMILES string of the molecule is O=C(CCN1CCCCCC1=O)Nc1ncc(Cc2cccc(F)c2)s1. The Kier molecular flexibility index (Phi) is 6.33. The van der Waals surface area contributed by atoms with E-state index in [1.807, 2.05) is 6.07 Å². The van der Waals surface area contributed by atoms with Gasteiger partial charge in [0.05, 0.1) is 0 Å². The first kappa shape index (κ1) is 18.5. The van der Waals surface area contributed by atoms with Crippen molar-refractivity contribution in [2.24, 2.45) is 0 Å². The summed E-state index contributed by atoms with van der Waals surface area (Å²) in [7, 11) is 0. The quantitative estimate of drug-likeness (QED) is 0.839. The van der Waals surface area contributed by atoms with Gasteiger partial charge in [-0.05, 0) is 30.5 Å². The monoisotopic (exact) mass is 375 g/mol. The second kappa shape index (κ2) is 8.89. The molecule has 0 saturated carbocycles. The smallest absolute Gasteiger partial charge is 0.227 e. The van der Waals surface area contributed by atoms with E-state index in [9.17, 15) is 14.0 Å². The average molecular weight is 375 g/mol. The van der Waals surface area contributed by atoms with Gasteiger partial charge in [-0.3, -0.25) is 9.59 Å². The lowest BCUT2D eigenvalue weighted by molar-refractivity contribution is -0.131. The summed E-state index contributed by atoms with van der Waals surface area (Å²) in [5, 5.41) is 3.32. The number of rotatable bonds is 6. The van der Waals surface area contributed by atoms with Crippen LogP contribution in [0.1, 0.15) is 42.5 Å². The van der Waals surface area contributed by atoms with Crippen molar-refractivity contribution in [3.8, 4) is 0 Å². The van der Waals surface area contributed by atoms with Gasteiger partial charge in [-0.2, -0.15) is 0 Å². The van der Waals surface area contributed by atoms with Crippen molar-refractivity contribution < 1.29 is 14.0 Å². The van der Waals surface area contributed by atoms with Gasteiger partial charge >= 0.3 is 0 Å². The molecule has 7 heteroatoms. The highest BCUT2D eigenvalue weighted by molar-refractivity contribution is 7.15. The lowest BCUT2D eigenvalue weighted by atomic mass is 10.1. The van der Waals surface area contributed by atoms with E-state index in [2.05, 4.69) is 10.3 Å². The van der Waals surface area contributed by atoms with Crippen LogP contribution in [-0.4, -0.2) is 34.8 Å². The highest BCUT2D eigenvalue weighted by atomic mass is 32.1. The largest absolute Gasteiger partial charge is 0.342 e. The molecule has 138 valence electrons. The van der Waals surface area contributed by atoms with Crippen LogP contribution in [0, 0.1) is 5.82 Å². The number of likely N-dealkylation sites (tertiary alicyclic amines) is 1. The van der Waals surface area contributed by atoms with E-state index in [1.165, 1.54) is 23.5 Å². The maximum Gasteiger partial charge on any atom is 0.227 e. The van der Waals surface area contributed by atoms with Crippen molar-refractivity contribution >= 4 is 28.3 Å². The number of carbonyl (C=O) groups excluding carboxylic acids is 2. The molecule has 2 aromatic rings. The molecule has 0 unspecified atom stereocenters. The van der Waals surface area contributed by atoms with Crippen molar-refractivity contribution in [3.63, 3.8) is 0 Å². The van der Waals surface area contributed by atoms with Crippen molar-refractivity contribution in [1.82, 2.24) is 9.88 Å². The summed E-state index contributed by atoms with van der Waals surface area (Å²) in [4.78, 5) is 31.0. The Morgan fingerprint density at radius 3 is 3.04 bits per heavy atom. The van der Waals surface area contributed by atoms with Gasteiger partial charge in [0.25, 0.3) is 0 Å². The maximum atomic E-state index is 13.2. The van der Waals surface area contributed by atoms with Gasteiger partial charge in [-0.1, -0.05) is 18.6 Å². The molecule has 1 N–H and O–H groups in total. The molecule has 1 aliphatic rings. The molecule has 0 bridgehead atoms. The molecule has 0 radical (unpaired) electrons. The number of nitrogens with zero attached hydrogens (tertiary/aromatic N) is 2. The Labute approximate surface area is 156 Å². The summed E-state index contributed by atoms with van der Waals surface area (Å²) in [5.74, 6) is -0.265. The van der Waals surface area contributed by atoms with E-state index in [1.54, 1.807) is 17.2 Å². The fraction of sp³-hybridized carbons (Fsp3) is 0.421. The van der Waals surface area contributed by atoms with E-state index in [-0.39, 0.29) is 24.1 Å². The number of hydrogen-bond acceptors (Lipinski definition) is 4. The van der Waals surface area contributed by atoms with Crippen LogP contribution in [0.25, 0.3) is 0 Å². The van der Waals surface area contributed by atoms with Crippen LogP contribution in [0.3, 0.4) is 0 Å². The van der Waals surface area contributed by atoms with Gasteiger partial charge < -0.3 is 10.2 Å². The van der Waals surface area contributed by atoms with Crippen molar-refractivity contribution in [2.75, 3.05) is 18.4 Å². The van der Waals surface area contributed by atoms with Crippen molar-refractivity contribution in [3.05, 3.63) is 46.7 Å². The van der Waals surface area contributed by atoms with Gasteiger partial charge in [-0.15, -0.1) is 11.3 Å². The number of nitrogens with one attached hydrogen (secondary N) is 1. The van der Waals surface area contributed by atoms with E-state index >= 15 is 0 Å². The predicted octanol–water partition coefficient (Wildman–Crippen LogP) is 3.60. The first-order valence-electron chi connectivity index (χ1n) is 8.87. The predicted molar refractivity (Wildman–Crippen MR) is 99.6 cm³/mol. The van der Waals surface area contributed by atoms with Crippen LogP contribution in [0.4, 0.5) is 9.52 Å². The second-order valence-electron chi connectivity index (χ2n) is 6.43.